The lowest BCUT2D eigenvalue weighted by Gasteiger charge is -2.15. The second-order valence-electron chi connectivity index (χ2n) is 3.40. The SMILES string of the molecule is CCC(C#N)Oc1c(Cl)cc(Br)cc1S(N)(=O)=O. The standard InChI is InChI=1S/C10H10BrClN2O3S/c1-2-7(5-13)17-10-8(12)3-6(11)4-9(10)18(14,15)16/h3-4,7H,2H2,1H3,(H2,14,15,16). The number of sulfonamides is 1. The molecule has 1 atom stereocenters. The Kier molecular flexibility index (Phi) is 4.99. The zero-order chi connectivity index (χ0) is 13.9. The van der Waals surface area contributed by atoms with E-state index in [9.17, 15) is 8.42 Å². The van der Waals surface area contributed by atoms with Gasteiger partial charge >= 0.3 is 0 Å². The molecule has 1 aromatic carbocycles. The van der Waals surface area contributed by atoms with Gasteiger partial charge in [-0.25, -0.2) is 13.6 Å². The van der Waals surface area contributed by atoms with E-state index < -0.39 is 16.1 Å². The van der Waals surface area contributed by atoms with E-state index in [1.807, 2.05) is 6.07 Å². The van der Waals surface area contributed by atoms with Crippen LogP contribution in [0.2, 0.25) is 5.02 Å². The Bertz CT molecular complexity index is 598. The van der Waals surface area contributed by atoms with E-state index >= 15 is 0 Å². The minimum Gasteiger partial charge on any atom is -0.473 e. The fourth-order valence-corrected chi connectivity index (χ4v) is 2.97. The van der Waals surface area contributed by atoms with Crippen molar-refractivity contribution >= 4 is 37.6 Å². The van der Waals surface area contributed by atoms with E-state index in [4.69, 9.17) is 26.7 Å². The molecule has 1 unspecified atom stereocenters. The van der Waals surface area contributed by atoms with Gasteiger partial charge in [-0.3, -0.25) is 0 Å². The van der Waals surface area contributed by atoms with Crippen molar-refractivity contribution in [3.05, 3.63) is 21.6 Å². The van der Waals surface area contributed by atoms with Gasteiger partial charge in [-0.1, -0.05) is 34.5 Å². The molecule has 0 heterocycles. The van der Waals surface area contributed by atoms with Crippen LogP contribution >= 0.6 is 27.5 Å². The molecule has 0 saturated carbocycles. The van der Waals surface area contributed by atoms with E-state index in [0.717, 1.165) is 0 Å². The number of nitriles is 1. The first-order valence-electron chi connectivity index (χ1n) is 4.87. The largest absolute Gasteiger partial charge is 0.473 e. The van der Waals surface area contributed by atoms with Crippen LogP contribution in [0.5, 0.6) is 5.75 Å². The van der Waals surface area contributed by atoms with Crippen LogP contribution in [0.4, 0.5) is 0 Å². The van der Waals surface area contributed by atoms with Gasteiger partial charge in [-0.2, -0.15) is 5.26 Å². The molecule has 0 radical (unpaired) electrons. The Morgan fingerprint density at radius 3 is 2.67 bits per heavy atom. The monoisotopic (exact) mass is 352 g/mol. The average molecular weight is 354 g/mol. The number of hydrogen-bond donors (Lipinski definition) is 1. The quantitative estimate of drug-likeness (QED) is 0.899. The summed E-state index contributed by atoms with van der Waals surface area (Å²) in [6, 6.07) is 4.64. The summed E-state index contributed by atoms with van der Waals surface area (Å²) in [5.74, 6) is -0.101. The summed E-state index contributed by atoms with van der Waals surface area (Å²) in [6.45, 7) is 1.73. The summed E-state index contributed by atoms with van der Waals surface area (Å²) >= 11 is 9.03. The molecule has 0 aliphatic carbocycles. The molecule has 98 valence electrons. The number of ether oxygens (including phenoxy) is 1. The molecule has 0 saturated heterocycles. The smallest absolute Gasteiger partial charge is 0.241 e. The van der Waals surface area contributed by atoms with Crippen molar-refractivity contribution < 1.29 is 13.2 Å². The molecule has 0 spiro atoms. The fraction of sp³-hybridized carbons (Fsp3) is 0.300. The van der Waals surface area contributed by atoms with Gasteiger partial charge in [0.15, 0.2) is 11.9 Å². The van der Waals surface area contributed by atoms with Crippen molar-refractivity contribution in [1.82, 2.24) is 0 Å². The molecule has 18 heavy (non-hydrogen) atoms. The molecule has 2 N–H and O–H groups in total. The van der Waals surface area contributed by atoms with Crippen molar-refractivity contribution in [3.63, 3.8) is 0 Å². The Morgan fingerprint density at radius 1 is 1.61 bits per heavy atom. The molecule has 0 aliphatic rings. The van der Waals surface area contributed by atoms with Gasteiger partial charge in [-0.15, -0.1) is 0 Å². The molecule has 1 rings (SSSR count). The first-order chi connectivity index (χ1) is 8.29. The highest BCUT2D eigenvalue weighted by Gasteiger charge is 2.22. The van der Waals surface area contributed by atoms with Crippen molar-refractivity contribution in [3.8, 4) is 11.8 Å². The van der Waals surface area contributed by atoms with Crippen LogP contribution in [0, 0.1) is 11.3 Å². The van der Waals surface area contributed by atoms with Crippen LogP contribution < -0.4 is 9.88 Å². The molecule has 0 aliphatic heterocycles. The second-order valence-corrected chi connectivity index (χ2v) is 6.26. The molecule has 8 heteroatoms. The molecular formula is C10H10BrClN2O3S. The van der Waals surface area contributed by atoms with Gasteiger partial charge < -0.3 is 4.74 Å². The lowest BCUT2D eigenvalue weighted by Crippen LogP contribution is -2.18. The van der Waals surface area contributed by atoms with Crippen LogP contribution in [-0.4, -0.2) is 14.5 Å². The summed E-state index contributed by atoms with van der Waals surface area (Å²) < 4.78 is 28.6. The van der Waals surface area contributed by atoms with Crippen LogP contribution in [0.15, 0.2) is 21.5 Å². The highest BCUT2D eigenvalue weighted by Crippen LogP contribution is 2.35. The molecule has 5 nitrogen and oxygen atoms in total. The molecule has 0 amide bonds. The number of halogens is 2. The van der Waals surface area contributed by atoms with Crippen molar-refractivity contribution in [1.29, 1.82) is 5.26 Å². The van der Waals surface area contributed by atoms with Crippen LogP contribution in [0.3, 0.4) is 0 Å². The third-order valence-corrected chi connectivity index (χ3v) is 3.71. The van der Waals surface area contributed by atoms with Crippen molar-refractivity contribution in [2.75, 3.05) is 0 Å². The number of rotatable bonds is 4. The first-order valence-corrected chi connectivity index (χ1v) is 7.59. The predicted octanol–water partition coefficient (Wildman–Crippen LogP) is 2.43. The molecular weight excluding hydrogens is 344 g/mol. The Balaban J connectivity index is 3.39. The van der Waals surface area contributed by atoms with E-state index in [1.165, 1.54) is 12.1 Å². The van der Waals surface area contributed by atoms with E-state index in [1.54, 1.807) is 6.92 Å². The Hall–Kier alpha value is -0.810. The normalized spacial score (nSPS) is 12.8. The van der Waals surface area contributed by atoms with Gasteiger partial charge in [0.05, 0.1) is 5.02 Å². The van der Waals surface area contributed by atoms with Crippen molar-refractivity contribution in [2.24, 2.45) is 5.14 Å². The molecule has 0 aromatic heterocycles. The molecule has 0 fully saturated rings. The lowest BCUT2D eigenvalue weighted by atomic mass is 10.3. The number of primary sulfonamides is 1. The number of nitrogens with two attached hydrogens (primary N) is 1. The van der Waals surface area contributed by atoms with Gasteiger partial charge in [0.1, 0.15) is 11.0 Å². The number of nitrogens with zero attached hydrogens (tertiary/aromatic N) is 1. The zero-order valence-corrected chi connectivity index (χ0v) is 12.5. The summed E-state index contributed by atoms with van der Waals surface area (Å²) in [7, 11) is -3.99. The van der Waals surface area contributed by atoms with Gasteiger partial charge in [0, 0.05) is 4.47 Å². The lowest BCUT2D eigenvalue weighted by molar-refractivity contribution is 0.245. The van der Waals surface area contributed by atoms with Crippen LogP contribution in [-0.2, 0) is 10.0 Å². The summed E-state index contributed by atoms with van der Waals surface area (Å²) in [6.07, 6.45) is -0.392. The highest BCUT2D eigenvalue weighted by atomic mass is 79.9. The average Bonchev–Trinajstić information content (AvgIpc) is 2.26. The minimum atomic E-state index is -3.99. The summed E-state index contributed by atoms with van der Waals surface area (Å²) in [5, 5.41) is 14.0. The first kappa shape index (κ1) is 15.2. The van der Waals surface area contributed by atoms with E-state index in [0.29, 0.717) is 10.9 Å². The maximum absolute atomic E-state index is 11.5. The maximum Gasteiger partial charge on any atom is 0.241 e. The zero-order valence-electron chi connectivity index (χ0n) is 9.35. The van der Waals surface area contributed by atoms with Gasteiger partial charge in [0.2, 0.25) is 10.0 Å². The Labute approximate surface area is 119 Å². The molecule has 1 aromatic rings. The van der Waals surface area contributed by atoms with E-state index in [-0.39, 0.29) is 15.7 Å². The number of hydrogen-bond acceptors (Lipinski definition) is 4. The van der Waals surface area contributed by atoms with Crippen LogP contribution in [0.25, 0.3) is 0 Å². The summed E-state index contributed by atoms with van der Waals surface area (Å²) in [4.78, 5) is -0.254. The fourth-order valence-electron chi connectivity index (χ4n) is 1.21. The van der Waals surface area contributed by atoms with Crippen molar-refractivity contribution in [2.45, 2.75) is 24.3 Å². The summed E-state index contributed by atoms with van der Waals surface area (Å²) in [5.41, 5.74) is 0. The van der Waals surface area contributed by atoms with E-state index in [2.05, 4.69) is 15.9 Å². The maximum atomic E-state index is 11.5. The Morgan fingerprint density at radius 2 is 2.22 bits per heavy atom. The minimum absolute atomic E-state index is 0.0714. The van der Waals surface area contributed by atoms with Gasteiger partial charge in [-0.05, 0) is 18.6 Å². The number of benzene rings is 1. The highest BCUT2D eigenvalue weighted by molar-refractivity contribution is 9.10. The van der Waals surface area contributed by atoms with Crippen LogP contribution in [0.1, 0.15) is 13.3 Å². The topological polar surface area (TPSA) is 93.2 Å². The predicted molar refractivity (Wildman–Crippen MR) is 70.8 cm³/mol. The molecule has 0 bridgehead atoms. The third-order valence-electron chi connectivity index (χ3n) is 2.06. The second kappa shape index (κ2) is 5.89. The third kappa shape index (κ3) is 3.59. The van der Waals surface area contributed by atoms with Gasteiger partial charge in [0.25, 0.3) is 0 Å².